The summed E-state index contributed by atoms with van der Waals surface area (Å²) in [7, 11) is 1.72. The van der Waals surface area contributed by atoms with Crippen molar-refractivity contribution in [3.63, 3.8) is 0 Å². The highest BCUT2D eigenvalue weighted by molar-refractivity contribution is 5.66. The predicted molar refractivity (Wildman–Crippen MR) is 73.3 cm³/mol. The molecule has 1 heterocycles. The third-order valence-electron chi connectivity index (χ3n) is 3.29. The number of benzene rings is 1. The van der Waals surface area contributed by atoms with Crippen LogP contribution in [0.2, 0.25) is 0 Å². The Morgan fingerprint density at radius 1 is 1.58 bits per heavy atom. The van der Waals surface area contributed by atoms with E-state index in [1.165, 1.54) is 6.07 Å². The molecule has 0 bridgehead atoms. The quantitative estimate of drug-likeness (QED) is 0.664. The smallest absolute Gasteiger partial charge is 0.292 e. The third kappa shape index (κ3) is 3.21. The van der Waals surface area contributed by atoms with Crippen molar-refractivity contribution in [3.05, 3.63) is 33.9 Å². The summed E-state index contributed by atoms with van der Waals surface area (Å²) in [5.41, 5.74) is 1.68. The summed E-state index contributed by atoms with van der Waals surface area (Å²) in [4.78, 5) is 12.9. The van der Waals surface area contributed by atoms with Gasteiger partial charge in [-0.15, -0.1) is 0 Å². The van der Waals surface area contributed by atoms with E-state index in [2.05, 4.69) is 10.2 Å². The number of morpholine rings is 1. The molecule has 1 saturated heterocycles. The van der Waals surface area contributed by atoms with Crippen molar-refractivity contribution in [2.75, 3.05) is 32.1 Å². The van der Waals surface area contributed by atoms with Gasteiger partial charge < -0.3 is 10.1 Å². The maximum Gasteiger partial charge on any atom is 0.292 e. The zero-order valence-electron chi connectivity index (χ0n) is 11.3. The zero-order valence-corrected chi connectivity index (χ0v) is 11.3. The first-order valence-electron chi connectivity index (χ1n) is 6.39. The van der Waals surface area contributed by atoms with Gasteiger partial charge in [-0.2, -0.15) is 0 Å². The van der Waals surface area contributed by atoms with Crippen LogP contribution >= 0.6 is 0 Å². The van der Waals surface area contributed by atoms with Crippen LogP contribution in [-0.4, -0.2) is 42.7 Å². The number of para-hydroxylation sites is 1. The zero-order chi connectivity index (χ0) is 13.8. The molecule has 0 amide bonds. The first kappa shape index (κ1) is 13.8. The molecule has 1 aromatic rings. The van der Waals surface area contributed by atoms with Gasteiger partial charge in [0.2, 0.25) is 0 Å². The van der Waals surface area contributed by atoms with Crippen LogP contribution in [0.25, 0.3) is 0 Å². The molecule has 6 nitrogen and oxygen atoms in total. The molecule has 104 valence electrons. The fraction of sp³-hybridized carbons (Fsp3) is 0.538. The molecule has 0 saturated carbocycles. The summed E-state index contributed by atoms with van der Waals surface area (Å²) < 4.78 is 5.50. The van der Waals surface area contributed by atoms with Gasteiger partial charge in [-0.05, 0) is 12.5 Å². The highest BCUT2D eigenvalue weighted by Crippen LogP contribution is 2.29. The van der Waals surface area contributed by atoms with Crippen LogP contribution in [-0.2, 0) is 11.3 Å². The van der Waals surface area contributed by atoms with Gasteiger partial charge in [0.05, 0.1) is 17.6 Å². The number of anilines is 1. The molecule has 1 aromatic carbocycles. The summed E-state index contributed by atoms with van der Waals surface area (Å²) in [6.45, 7) is 5.16. The van der Waals surface area contributed by atoms with Gasteiger partial charge in [0.15, 0.2) is 0 Å². The van der Waals surface area contributed by atoms with Crippen LogP contribution in [0.5, 0.6) is 0 Å². The van der Waals surface area contributed by atoms with Crippen molar-refractivity contribution >= 4 is 11.4 Å². The van der Waals surface area contributed by atoms with E-state index in [1.54, 1.807) is 13.1 Å². The van der Waals surface area contributed by atoms with Gasteiger partial charge in [0.1, 0.15) is 5.69 Å². The van der Waals surface area contributed by atoms with Crippen molar-refractivity contribution in [1.82, 2.24) is 4.90 Å². The van der Waals surface area contributed by atoms with E-state index < -0.39 is 0 Å². The molecule has 19 heavy (non-hydrogen) atoms. The lowest BCUT2D eigenvalue weighted by Crippen LogP contribution is -2.40. The largest absolute Gasteiger partial charge is 0.382 e. The number of nitro benzene ring substituents is 1. The van der Waals surface area contributed by atoms with Gasteiger partial charge in [-0.3, -0.25) is 15.0 Å². The van der Waals surface area contributed by atoms with Crippen LogP contribution in [0.3, 0.4) is 0 Å². The molecule has 0 aromatic heterocycles. The molecule has 2 rings (SSSR count). The Morgan fingerprint density at radius 2 is 2.37 bits per heavy atom. The Balaban J connectivity index is 2.19. The predicted octanol–water partition coefficient (Wildman–Crippen LogP) is 1.86. The van der Waals surface area contributed by atoms with Gasteiger partial charge >= 0.3 is 0 Å². The normalized spacial score (nSPS) is 20.2. The first-order chi connectivity index (χ1) is 9.11. The highest BCUT2D eigenvalue weighted by atomic mass is 16.6. The van der Waals surface area contributed by atoms with Crippen molar-refractivity contribution in [3.8, 4) is 0 Å². The summed E-state index contributed by atoms with van der Waals surface area (Å²) in [6, 6.07) is 5.19. The lowest BCUT2D eigenvalue weighted by atomic mass is 10.1. The molecule has 6 heteroatoms. The van der Waals surface area contributed by atoms with Crippen LogP contribution in [0.4, 0.5) is 11.4 Å². The molecule has 0 aliphatic carbocycles. The summed E-state index contributed by atoms with van der Waals surface area (Å²) in [5.74, 6) is 0. The van der Waals surface area contributed by atoms with E-state index in [0.717, 1.165) is 18.7 Å². The lowest BCUT2D eigenvalue weighted by Gasteiger charge is -2.31. The van der Waals surface area contributed by atoms with Crippen LogP contribution < -0.4 is 5.32 Å². The number of nitrogens with one attached hydrogen (secondary N) is 1. The van der Waals surface area contributed by atoms with Crippen molar-refractivity contribution in [2.24, 2.45) is 0 Å². The first-order valence-corrected chi connectivity index (χ1v) is 6.39. The minimum Gasteiger partial charge on any atom is -0.382 e. The number of hydrogen-bond acceptors (Lipinski definition) is 5. The Hall–Kier alpha value is -1.66. The van der Waals surface area contributed by atoms with Crippen LogP contribution in [0.1, 0.15) is 12.5 Å². The minimum absolute atomic E-state index is 0.126. The molecule has 1 unspecified atom stereocenters. The average molecular weight is 265 g/mol. The molecular formula is C13H19N3O3. The van der Waals surface area contributed by atoms with E-state index in [1.807, 2.05) is 13.0 Å². The lowest BCUT2D eigenvalue weighted by molar-refractivity contribution is -0.384. The molecule has 0 spiro atoms. The number of nitrogens with zero attached hydrogens (tertiary/aromatic N) is 2. The fourth-order valence-corrected chi connectivity index (χ4v) is 2.43. The Kier molecular flexibility index (Phi) is 4.34. The number of nitro groups is 1. The van der Waals surface area contributed by atoms with E-state index in [0.29, 0.717) is 18.8 Å². The van der Waals surface area contributed by atoms with E-state index in [4.69, 9.17) is 4.74 Å². The van der Waals surface area contributed by atoms with Crippen molar-refractivity contribution in [1.29, 1.82) is 0 Å². The maximum atomic E-state index is 11.0. The standard InChI is InChI=1S/C13H19N3O3/c1-10-8-15(6-7-19-10)9-11-4-3-5-12(16(17)18)13(11)14-2/h3-5,10,14H,6-9H2,1-2H3. The van der Waals surface area contributed by atoms with E-state index >= 15 is 0 Å². The minimum atomic E-state index is -0.350. The second kappa shape index (κ2) is 5.99. The molecule has 1 fully saturated rings. The SMILES string of the molecule is CNc1c(CN2CCOC(C)C2)cccc1[N+](=O)[O-]. The Bertz CT molecular complexity index is 464. The summed E-state index contributed by atoms with van der Waals surface area (Å²) in [6.07, 6.45) is 0.213. The van der Waals surface area contributed by atoms with E-state index in [9.17, 15) is 10.1 Å². The third-order valence-corrected chi connectivity index (χ3v) is 3.29. The molecule has 0 radical (unpaired) electrons. The van der Waals surface area contributed by atoms with Crippen LogP contribution in [0, 0.1) is 10.1 Å². The molecule has 1 N–H and O–H groups in total. The van der Waals surface area contributed by atoms with Crippen molar-refractivity contribution in [2.45, 2.75) is 19.6 Å². The van der Waals surface area contributed by atoms with Gasteiger partial charge in [0, 0.05) is 32.7 Å². The van der Waals surface area contributed by atoms with Crippen molar-refractivity contribution < 1.29 is 9.66 Å². The Morgan fingerprint density at radius 3 is 3.00 bits per heavy atom. The monoisotopic (exact) mass is 265 g/mol. The number of ether oxygens (including phenoxy) is 1. The second-order valence-electron chi connectivity index (χ2n) is 4.73. The Labute approximate surface area is 112 Å². The average Bonchev–Trinajstić information content (AvgIpc) is 2.38. The molecule has 1 atom stereocenters. The van der Waals surface area contributed by atoms with Gasteiger partial charge in [-0.25, -0.2) is 0 Å². The summed E-state index contributed by atoms with van der Waals surface area (Å²) >= 11 is 0. The molecule has 1 aliphatic heterocycles. The molecule has 1 aliphatic rings. The topological polar surface area (TPSA) is 67.6 Å². The van der Waals surface area contributed by atoms with Gasteiger partial charge in [-0.1, -0.05) is 12.1 Å². The highest BCUT2D eigenvalue weighted by Gasteiger charge is 2.21. The van der Waals surface area contributed by atoms with Crippen LogP contribution in [0.15, 0.2) is 18.2 Å². The number of hydrogen-bond donors (Lipinski definition) is 1. The second-order valence-corrected chi connectivity index (χ2v) is 4.73. The maximum absolute atomic E-state index is 11.0. The molecular weight excluding hydrogens is 246 g/mol. The summed E-state index contributed by atoms with van der Waals surface area (Å²) in [5, 5.41) is 14.0. The van der Waals surface area contributed by atoms with Gasteiger partial charge in [0.25, 0.3) is 5.69 Å². The fourth-order valence-electron chi connectivity index (χ4n) is 2.43. The number of rotatable bonds is 4. The van der Waals surface area contributed by atoms with E-state index in [-0.39, 0.29) is 16.7 Å².